The van der Waals surface area contributed by atoms with Gasteiger partial charge in [0.25, 0.3) is 0 Å². The van der Waals surface area contributed by atoms with Gasteiger partial charge in [0, 0.05) is 11.5 Å². The van der Waals surface area contributed by atoms with Crippen LogP contribution in [0.2, 0.25) is 0 Å². The monoisotopic (exact) mass is 350 g/mol. The molecule has 0 radical (unpaired) electrons. The normalized spacial score (nSPS) is 22.4. The molecule has 1 N–H and O–H groups in total. The van der Waals surface area contributed by atoms with Gasteiger partial charge in [-0.3, -0.25) is 10.2 Å². The van der Waals surface area contributed by atoms with E-state index in [0.717, 1.165) is 16.9 Å². The molecule has 4 nitrogen and oxygen atoms in total. The highest BCUT2D eigenvalue weighted by atomic mass is 32.2. The first-order chi connectivity index (χ1) is 12.0. The van der Waals surface area contributed by atoms with Crippen LogP contribution in [0.5, 0.6) is 5.75 Å². The standard InChI is InChI=1S/C20H18N2O2S/c1-12-3-5-14(6-4-12)18(23)19-17(16(11-21)20(22)25-19)13-7-9-15(24-2)10-8-13/h3-10,16-17,19,22H,1-2H3/t16-,17+,19+/m0/s1. The van der Waals surface area contributed by atoms with Gasteiger partial charge in [-0.1, -0.05) is 53.7 Å². The summed E-state index contributed by atoms with van der Waals surface area (Å²) in [5, 5.41) is 17.5. The molecule has 1 aliphatic heterocycles. The fraction of sp³-hybridized carbons (Fsp3) is 0.250. The summed E-state index contributed by atoms with van der Waals surface area (Å²) >= 11 is 1.20. The topological polar surface area (TPSA) is 73.9 Å². The summed E-state index contributed by atoms with van der Waals surface area (Å²) in [4.78, 5) is 13.0. The number of ketones is 1. The number of nitrogens with one attached hydrogen (secondary N) is 1. The number of methoxy groups -OCH3 is 1. The summed E-state index contributed by atoms with van der Waals surface area (Å²) in [6.07, 6.45) is 0. The van der Waals surface area contributed by atoms with E-state index in [9.17, 15) is 10.1 Å². The first kappa shape index (κ1) is 17.2. The van der Waals surface area contributed by atoms with Crippen molar-refractivity contribution in [3.05, 3.63) is 65.2 Å². The van der Waals surface area contributed by atoms with Crippen molar-refractivity contribution in [2.45, 2.75) is 18.1 Å². The molecular weight excluding hydrogens is 332 g/mol. The lowest BCUT2D eigenvalue weighted by Gasteiger charge is -2.20. The van der Waals surface area contributed by atoms with E-state index in [4.69, 9.17) is 10.1 Å². The molecule has 0 bridgehead atoms. The largest absolute Gasteiger partial charge is 0.497 e. The summed E-state index contributed by atoms with van der Waals surface area (Å²) in [5.41, 5.74) is 2.59. The zero-order chi connectivity index (χ0) is 18.0. The molecule has 3 atom stereocenters. The van der Waals surface area contributed by atoms with Crippen LogP contribution >= 0.6 is 11.8 Å². The van der Waals surface area contributed by atoms with E-state index in [1.165, 1.54) is 11.8 Å². The van der Waals surface area contributed by atoms with Gasteiger partial charge < -0.3 is 4.74 Å². The van der Waals surface area contributed by atoms with Crippen molar-refractivity contribution in [2.24, 2.45) is 5.92 Å². The van der Waals surface area contributed by atoms with Gasteiger partial charge in [-0.05, 0) is 24.6 Å². The van der Waals surface area contributed by atoms with Crippen molar-refractivity contribution in [1.82, 2.24) is 0 Å². The Morgan fingerprint density at radius 2 is 1.80 bits per heavy atom. The number of hydrogen-bond acceptors (Lipinski definition) is 5. The maximum absolute atomic E-state index is 13.0. The summed E-state index contributed by atoms with van der Waals surface area (Å²) in [5.74, 6) is -0.243. The van der Waals surface area contributed by atoms with Gasteiger partial charge in [-0.25, -0.2) is 0 Å². The van der Waals surface area contributed by atoms with Gasteiger partial charge in [0.15, 0.2) is 5.78 Å². The zero-order valence-electron chi connectivity index (χ0n) is 14.0. The van der Waals surface area contributed by atoms with Gasteiger partial charge in [-0.2, -0.15) is 5.26 Å². The van der Waals surface area contributed by atoms with E-state index in [1.807, 2.05) is 55.5 Å². The number of benzene rings is 2. The van der Waals surface area contributed by atoms with E-state index in [-0.39, 0.29) is 16.7 Å². The Kier molecular flexibility index (Phi) is 4.91. The highest BCUT2D eigenvalue weighted by Crippen LogP contribution is 2.46. The van der Waals surface area contributed by atoms with E-state index >= 15 is 0 Å². The molecule has 0 aliphatic carbocycles. The van der Waals surface area contributed by atoms with Gasteiger partial charge in [0.1, 0.15) is 11.7 Å². The fourth-order valence-electron chi connectivity index (χ4n) is 3.05. The molecule has 1 aliphatic rings. The number of nitriles is 1. The van der Waals surface area contributed by atoms with Crippen LogP contribution in [0.25, 0.3) is 0 Å². The molecule has 1 heterocycles. The Morgan fingerprint density at radius 3 is 2.36 bits per heavy atom. The number of rotatable bonds is 4. The number of Topliss-reactive ketones (excluding diaryl/α,β-unsaturated/α-hetero) is 1. The number of thioether (sulfide) groups is 1. The summed E-state index contributed by atoms with van der Waals surface area (Å²) in [7, 11) is 1.60. The lowest BCUT2D eigenvalue weighted by Crippen LogP contribution is -2.24. The number of carbonyl (C=O) groups excluding carboxylic acids is 1. The highest BCUT2D eigenvalue weighted by Gasteiger charge is 2.45. The fourth-order valence-corrected chi connectivity index (χ4v) is 4.38. The Labute approximate surface area is 151 Å². The minimum Gasteiger partial charge on any atom is -0.497 e. The second-order valence-electron chi connectivity index (χ2n) is 6.04. The highest BCUT2D eigenvalue weighted by molar-refractivity contribution is 8.15. The summed E-state index contributed by atoms with van der Waals surface area (Å²) in [6, 6.07) is 17.0. The number of ether oxygens (including phenoxy) is 1. The van der Waals surface area contributed by atoms with E-state index < -0.39 is 11.2 Å². The third kappa shape index (κ3) is 3.31. The average molecular weight is 350 g/mol. The second-order valence-corrected chi connectivity index (χ2v) is 7.22. The molecule has 0 amide bonds. The molecule has 0 unspecified atom stereocenters. The van der Waals surface area contributed by atoms with Crippen LogP contribution in [0.1, 0.15) is 27.4 Å². The van der Waals surface area contributed by atoms with Crippen LogP contribution in [0.4, 0.5) is 0 Å². The molecule has 126 valence electrons. The number of hydrogen-bond donors (Lipinski definition) is 1. The molecule has 3 rings (SSSR count). The Balaban J connectivity index is 1.98. The molecule has 2 aromatic carbocycles. The van der Waals surface area contributed by atoms with Crippen molar-refractivity contribution >= 4 is 22.6 Å². The second kappa shape index (κ2) is 7.12. The predicted molar refractivity (Wildman–Crippen MR) is 99.5 cm³/mol. The van der Waals surface area contributed by atoms with Crippen molar-refractivity contribution < 1.29 is 9.53 Å². The quantitative estimate of drug-likeness (QED) is 0.839. The molecule has 0 aromatic heterocycles. The van der Waals surface area contributed by atoms with Crippen molar-refractivity contribution in [1.29, 1.82) is 10.7 Å². The summed E-state index contributed by atoms with van der Waals surface area (Å²) < 4.78 is 5.18. The Morgan fingerprint density at radius 1 is 1.16 bits per heavy atom. The van der Waals surface area contributed by atoms with Crippen LogP contribution in [-0.4, -0.2) is 23.2 Å². The maximum atomic E-state index is 13.0. The molecule has 5 heteroatoms. The van der Waals surface area contributed by atoms with Gasteiger partial charge >= 0.3 is 0 Å². The lowest BCUT2D eigenvalue weighted by molar-refractivity contribution is 0.0980. The van der Waals surface area contributed by atoms with Crippen molar-refractivity contribution in [2.75, 3.05) is 7.11 Å². The number of aryl methyl sites for hydroxylation is 1. The SMILES string of the molecule is COc1ccc([C@@H]2[C@H](C#N)C(=N)S[C@H]2C(=O)c2ccc(C)cc2)cc1. The third-order valence-corrected chi connectivity index (χ3v) is 5.73. The van der Waals surface area contributed by atoms with E-state index in [1.54, 1.807) is 7.11 Å². The van der Waals surface area contributed by atoms with Crippen molar-refractivity contribution in [3.63, 3.8) is 0 Å². The maximum Gasteiger partial charge on any atom is 0.176 e. The minimum absolute atomic E-state index is 0.0340. The first-order valence-electron chi connectivity index (χ1n) is 7.94. The van der Waals surface area contributed by atoms with Crippen LogP contribution in [0, 0.1) is 29.6 Å². The Bertz CT molecular complexity index is 837. The van der Waals surface area contributed by atoms with E-state index in [0.29, 0.717) is 5.56 Å². The molecule has 1 fully saturated rings. The molecule has 25 heavy (non-hydrogen) atoms. The first-order valence-corrected chi connectivity index (χ1v) is 8.82. The van der Waals surface area contributed by atoms with Gasteiger partial charge in [0.2, 0.25) is 0 Å². The minimum atomic E-state index is -0.599. The molecule has 0 spiro atoms. The van der Waals surface area contributed by atoms with Crippen LogP contribution < -0.4 is 4.74 Å². The molecule has 0 saturated carbocycles. The van der Waals surface area contributed by atoms with Crippen LogP contribution in [-0.2, 0) is 0 Å². The predicted octanol–water partition coefficient (Wildman–Crippen LogP) is 4.20. The zero-order valence-corrected chi connectivity index (χ0v) is 14.8. The van der Waals surface area contributed by atoms with Crippen molar-refractivity contribution in [3.8, 4) is 11.8 Å². The lowest BCUT2D eigenvalue weighted by atomic mass is 9.82. The molecule has 2 aromatic rings. The van der Waals surface area contributed by atoms with Crippen LogP contribution in [0.3, 0.4) is 0 Å². The van der Waals surface area contributed by atoms with Gasteiger partial charge in [-0.15, -0.1) is 0 Å². The van der Waals surface area contributed by atoms with Gasteiger partial charge in [0.05, 0.1) is 23.5 Å². The smallest absolute Gasteiger partial charge is 0.176 e. The number of nitrogens with zero attached hydrogens (tertiary/aromatic N) is 1. The van der Waals surface area contributed by atoms with E-state index in [2.05, 4.69) is 6.07 Å². The average Bonchev–Trinajstić information content (AvgIpc) is 2.98. The third-order valence-electron chi connectivity index (χ3n) is 4.46. The summed E-state index contributed by atoms with van der Waals surface area (Å²) in [6.45, 7) is 1.97. The molecule has 1 saturated heterocycles. The van der Waals surface area contributed by atoms with Crippen LogP contribution in [0.15, 0.2) is 48.5 Å². The molecular formula is C20H18N2O2S. The number of carbonyl (C=O) groups is 1. The Hall–Kier alpha value is -2.58.